The Labute approximate surface area is 148 Å². The summed E-state index contributed by atoms with van der Waals surface area (Å²) in [4.78, 5) is 0. The molecular formula is C20H38O4. The molecule has 0 aliphatic heterocycles. The van der Waals surface area contributed by atoms with Crippen LogP contribution in [-0.4, -0.2) is 40.9 Å². The molecule has 4 nitrogen and oxygen atoms in total. The summed E-state index contributed by atoms with van der Waals surface area (Å²) < 4.78 is 5.10. The van der Waals surface area contributed by atoms with Gasteiger partial charge in [-0.25, -0.2) is 0 Å². The van der Waals surface area contributed by atoms with Gasteiger partial charge in [-0.2, -0.15) is 0 Å². The molecule has 4 heteroatoms. The lowest BCUT2D eigenvalue weighted by atomic mass is 10.1. The fraction of sp³-hybridized carbons (Fsp3) is 0.800. The second-order valence-corrected chi connectivity index (χ2v) is 6.24. The van der Waals surface area contributed by atoms with Gasteiger partial charge in [0.05, 0.1) is 13.2 Å². The minimum absolute atomic E-state index is 0.268. The van der Waals surface area contributed by atoms with E-state index in [1.165, 1.54) is 38.5 Å². The van der Waals surface area contributed by atoms with Crippen molar-refractivity contribution < 1.29 is 20.1 Å². The van der Waals surface area contributed by atoms with Gasteiger partial charge in [0, 0.05) is 0 Å². The standard InChI is InChI=1S/C20H38O4/c1-2-3-4-5-6-7-8-9-10-11-12-13-14-15-16-20(23)24-19(17-21)18-22/h5-6,8-9,19-23H,2-4,7,10-18H2,1H3/b6-5-,9-8-. The van der Waals surface area contributed by atoms with E-state index in [0.29, 0.717) is 6.42 Å². The number of aliphatic hydroxyl groups excluding tert-OH is 3. The Kier molecular flexibility index (Phi) is 18.1. The van der Waals surface area contributed by atoms with Crippen molar-refractivity contribution in [1.82, 2.24) is 0 Å². The number of hydrogen-bond acceptors (Lipinski definition) is 4. The average Bonchev–Trinajstić information content (AvgIpc) is 2.60. The van der Waals surface area contributed by atoms with E-state index < -0.39 is 12.4 Å². The van der Waals surface area contributed by atoms with Crippen molar-refractivity contribution in [2.45, 2.75) is 89.9 Å². The lowest BCUT2D eigenvalue weighted by Gasteiger charge is -2.17. The molecule has 0 aliphatic carbocycles. The van der Waals surface area contributed by atoms with E-state index in [4.69, 9.17) is 14.9 Å². The van der Waals surface area contributed by atoms with Crippen molar-refractivity contribution in [3.63, 3.8) is 0 Å². The molecule has 24 heavy (non-hydrogen) atoms. The smallest absolute Gasteiger partial charge is 0.155 e. The van der Waals surface area contributed by atoms with E-state index in [1.807, 2.05) is 0 Å². The number of hydrogen-bond donors (Lipinski definition) is 3. The van der Waals surface area contributed by atoms with Crippen molar-refractivity contribution >= 4 is 0 Å². The van der Waals surface area contributed by atoms with Crippen LogP contribution in [0, 0.1) is 0 Å². The van der Waals surface area contributed by atoms with Gasteiger partial charge in [-0.1, -0.05) is 63.3 Å². The van der Waals surface area contributed by atoms with Gasteiger partial charge in [-0.05, 0) is 38.5 Å². The van der Waals surface area contributed by atoms with Crippen LogP contribution in [0.5, 0.6) is 0 Å². The summed E-state index contributed by atoms with van der Waals surface area (Å²) in [6.07, 6.45) is 19.5. The lowest BCUT2D eigenvalue weighted by Crippen LogP contribution is -2.28. The largest absolute Gasteiger partial charge is 0.394 e. The van der Waals surface area contributed by atoms with Crippen molar-refractivity contribution in [2.75, 3.05) is 13.2 Å². The molecule has 0 spiro atoms. The highest BCUT2D eigenvalue weighted by Gasteiger charge is 2.12. The van der Waals surface area contributed by atoms with Gasteiger partial charge in [-0.3, -0.25) is 0 Å². The molecule has 142 valence electrons. The van der Waals surface area contributed by atoms with Crippen LogP contribution in [0.3, 0.4) is 0 Å². The molecule has 0 amide bonds. The monoisotopic (exact) mass is 342 g/mol. The van der Waals surface area contributed by atoms with Crippen molar-refractivity contribution in [3.05, 3.63) is 24.3 Å². The summed E-state index contributed by atoms with van der Waals surface area (Å²) in [5, 5.41) is 27.3. The zero-order valence-corrected chi connectivity index (χ0v) is 15.4. The van der Waals surface area contributed by atoms with Gasteiger partial charge in [-0.15, -0.1) is 0 Å². The van der Waals surface area contributed by atoms with Gasteiger partial charge >= 0.3 is 0 Å². The predicted molar refractivity (Wildman–Crippen MR) is 99.8 cm³/mol. The highest BCUT2D eigenvalue weighted by molar-refractivity contribution is 4.92. The number of ether oxygens (including phenoxy) is 1. The van der Waals surface area contributed by atoms with Crippen LogP contribution in [0.2, 0.25) is 0 Å². The van der Waals surface area contributed by atoms with Crippen LogP contribution in [0.1, 0.15) is 77.6 Å². The number of aliphatic hydroxyl groups is 3. The predicted octanol–water partition coefficient (Wildman–Crippen LogP) is 4.10. The van der Waals surface area contributed by atoms with Crippen LogP contribution in [0.15, 0.2) is 24.3 Å². The molecule has 3 N–H and O–H groups in total. The second-order valence-electron chi connectivity index (χ2n) is 6.24. The summed E-state index contributed by atoms with van der Waals surface area (Å²) >= 11 is 0. The van der Waals surface area contributed by atoms with Crippen LogP contribution < -0.4 is 0 Å². The Balaban J connectivity index is 3.34. The Bertz CT molecular complexity index is 298. The maximum atomic E-state index is 9.61. The zero-order valence-electron chi connectivity index (χ0n) is 15.4. The first-order valence-electron chi connectivity index (χ1n) is 9.59. The molecule has 0 bridgehead atoms. The Hall–Kier alpha value is -0.680. The lowest BCUT2D eigenvalue weighted by molar-refractivity contribution is -0.160. The molecule has 0 radical (unpaired) electrons. The molecule has 1 atom stereocenters. The van der Waals surface area contributed by atoms with E-state index in [9.17, 15) is 5.11 Å². The molecular weight excluding hydrogens is 304 g/mol. The average molecular weight is 343 g/mol. The number of rotatable bonds is 17. The maximum absolute atomic E-state index is 9.61. The SMILES string of the molecule is CCCC/C=C\C/C=C\CCCCCCCC(O)OC(CO)CO. The van der Waals surface area contributed by atoms with Gasteiger partial charge in [0.25, 0.3) is 0 Å². The highest BCUT2D eigenvalue weighted by Crippen LogP contribution is 2.11. The maximum Gasteiger partial charge on any atom is 0.155 e. The third-order valence-corrected chi connectivity index (χ3v) is 3.91. The Morgan fingerprint density at radius 2 is 1.38 bits per heavy atom. The molecule has 0 rings (SSSR count). The third kappa shape index (κ3) is 16.2. The first-order valence-corrected chi connectivity index (χ1v) is 9.59. The first-order chi connectivity index (χ1) is 11.7. The fourth-order valence-corrected chi connectivity index (χ4v) is 2.37. The topological polar surface area (TPSA) is 69.9 Å². The Morgan fingerprint density at radius 3 is 2.00 bits per heavy atom. The van der Waals surface area contributed by atoms with Crippen LogP contribution in [0.4, 0.5) is 0 Å². The van der Waals surface area contributed by atoms with Crippen LogP contribution in [0.25, 0.3) is 0 Å². The molecule has 0 aliphatic rings. The summed E-state index contributed by atoms with van der Waals surface area (Å²) in [5.41, 5.74) is 0. The minimum atomic E-state index is -0.886. The van der Waals surface area contributed by atoms with Crippen molar-refractivity contribution in [2.24, 2.45) is 0 Å². The Morgan fingerprint density at radius 1 is 0.792 bits per heavy atom. The van der Waals surface area contributed by atoms with Crippen molar-refractivity contribution in [3.8, 4) is 0 Å². The second kappa shape index (κ2) is 18.7. The molecule has 0 saturated carbocycles. The molecule has 0 saturated heterocycles. The molecule has 0 aromatic carbocycles. The first kappa shape index (κ1) is 23.3. The van der Waals surface area contributed by atoms with E-state index >= 15 is 0 Å². The minimum Gasteiger partial charge on any atom is -0.394 e. The number of unbranched alkanes of at least 4 members (excludes halogenated alkanes) is 7. The summed E-state index contributed by atoms with van der Waals surface area (Å²) in [6, 6.07) is 0. The molecule has 0 fully saturated rings. The van der Waals surface area contributed by atoms with Gasteiger partial charge in [0.1, 0.15) is 6.10 Å². The summed E-state index contributed by atoms with van der Waals surface area (Å²) in [7, 11) is 0. The normalized spacial score (nSPS) is 13.5. The zero-order chi connectivity index (χ0) is 17.9. The molecule has 0 aromatic rings. The van der Waals surface area contributed by atoms with Crippen molar-refractivity contribution in [1.29, 1.82) is 0 Å². The quantitative estimate of drug-likeness (QED) is 0.211. The van der Waals surface area contributed by atoms with E-state index in [2.05, 4.69) is 31.2 Å². The summed E-state index contributed by atoms with van der Waals surface area (Å²) in [5.74, 6) is 0. The van der Waals surface area contributed by atoms with Gasteiger partial charge in [0.15, 0.2) is 6.29 Å². The van der Waals surface area contributed by atoms with Gasteiger partial charge in [0.2, 0.25) is 0 Å². The molecule has 0 heterocycles. The van der Waals surface area contributed by atoms with Gasteiger partial charge < -0.3 is 20.1 Å². The third-order valence-electron chi connectivity index (χ3n) is 3.91. The van der Waals surface area contributed by atoms with E-state index in [-0.39, 0.29) is 13.2 Å². The number of allylic oxidation sites excluding steroid dienone is 4. The van der Waals surface area contributed by atoms with E-state index in [0.717, 1.165) is 25.7 Å². The van der Waals surface area contributed by atoms with E-state index in [1.54, 1.807) is 0 Å². The molecule has 1 unspecified atom stereocenters. The van der Waals surface area contributed by atoms with Crippen LogP contribution >= 0.6 is 0 Å². The fourth-order valence-electron chi connectivity index (χ4n) is 2.37. The molecule has 0 aromatic heterocycles. The highest BCUT2D eigenvalue weighted by atomic mass is 16.6. The van der Waals surface area contributed by atoms with Crippen LogP contribution in [-0.2, 0) is 4.74 Å². The summed E-state index contributed by atoms with van der Waals surface area (Å²) in [6.45, 7) is 1.68.